The second kappa shape index (κ2) is 4.66. The molecular weight excluding hydrogens is 282 g/mol. The molecule has 0 aromatic heterocycles. The number of urea groups is 1. The Morgan fingerprint density at radius 3 is 3.00 bits per heavy atom. The van der Waals surface area contributed by atoms with Gasteiger partial charge in [0.25, 0.3) is 0 Å². The van der Waals surface area contributed by atoms with Crippen molar-refractivity contribution in [2.45, 2.75) is 13.3 Å². The highest BCUT2D eigenvalue weighted by Gasteiger charge is 2.32. The molecular formula is C15H15N5O2. The summed E-state index contributed by atoms with van der Waals surface area (Å²) < 4.78 is 0. The molecule has 3 heterocycles. The zero-order valence-corrected chi connectivity index (χ0v) is 12.1. The third-order valence-electron chi connectivity index (χ3n) is 4.17. The van der Waals surface area contributed by atoms with Crippen LogP contribution in [0.2, 0.25) is 0 Å². The first-order chi connectivity index (χ1) is 10.6. The summed E-state index contributed by atoms with van der Waals surface area (Å²) in [4.78, 5) is 29.6. The molecule has 22 heavy (non-hydrogen) atoms. The van der Waals surface area contributed by atoms with Gasteiger partial charge < -0.3 is 5.32 Å². The predicted molar refractivity (Wildman–Crippen MR) is 82.0 cm³/mol. The van der Waals surface area contributed by atoms with Gasteiger partial charge in [0.05, 0.1) is 17.9 Å². The number of carbonyl (C=O) groups is 2. The van der Waals surface area contributed by atoms with Crippen molar-refractivity contribution in [3.8, 4) is 0 Å². The Morgan fingerprint density at radius 1 is 1.32 bits per heavy atom. The van der Waals surface area contributed by atoms with E-state index in [2.05, 4.69) is 20.8 Å². The van der Waals surface area contributed by atoms with E-state index < -0.39 is 0 Å². The van der Waals surface area contributed by atoms with Crippen molar-refractivity contribution in [1.82, 2.24) is 10.3 Å². The van der Waals surface area contributed by atoms with Gasteiger partial charge >= 0.3 is 6.03 Å². The van der Waals surface area contributed by atoms with Crippen molar-refractivity contribution in [2.24, 2.45) is 16.0 Å². The molecule has 3 aliphatic heterocycles. The zero-order chi connectivity index (χ0) is 15.3. The number of hydrogen-bond donors (Lipinski definition) is 2. The molecule has 3 aliphatic rings. The third kappa shape index (κ3) is 1.89. The van der Waals surface area contributed by atoms with Crippen LogP contribution in [0.1, 0.15) is 24.5 Å². The minimum absolute atomic E-state index is 0.0639. The molecule has 112 valence electrons. The van der Waals surface area contributed by atoms with Gasteiger partial charge in [0.15, 0.2) is 0 Å². The van der Waals surface area contributed by atoms with Gasteiger partial charge in [0.1, 0.15) is 5.84 Å². The van der Waals surface area contributed by atoms with Gasteiger partial charge in [-0.2, -0.15) is 5.10 Å². The number of amides is 3. The van der Waals surface area contributed by atoms with Crippen LogP contribution < -0.4 is 10.7 Å². The maximum atomic E-state index is 12.1. The molecule has 0 radical (unpaired) electrons. The highest BCUT2D eigenvalue weighted by Crippen LogP contribution is 2.28. The van der Waals surface area contributed by atoms with Crippen LogP contribution in [0.3, 0.4) is 0 Å². The Morgan fingerprint density at radius 2 is 2.18 bits per heavy atom. The molecule has 0 saturated carbocycles. The number of aliphatic imine (C=N–C) groups is 1. The van der Waals surface area contributed by atoms with Crippen LogP contribution >= 0.6 is 0 Å². The lowest BCUT2D eigenvalue weighted by molar-refractivity contribution is -0.124. The van der Waals surface area contributed by atoms with Crippen molar-refractivity contribution in [1.29, 1.82) is 0 Å². The topological polar surface area (TPSA) is 86.2 Å². The van der Waals surface area contributed by atoms with E-state index in [0.29, 0.717) is 19.5 Å². The van der Waals surface area contributed by atoms with Crippen molar-refractivity contribution < 1.29 is 9.59 Å². The SMILES string of the molecule is C[C@H]1CC(c2ccc3c(c2)NC(=O)N2CCN=C32)=NNC1=O. The fourth-order valence-electron chi connectivity index (χ4n) is 2.92. The predicted octanol–water partition coefficient (Wildman–Crippen LogP) is 1.15. The van der Waals surface area contributed by atoms with Crippen LogP contribution in [-0.4, -0.2) is 41.5 Å². The second-order valence-electron chi connectivity index (χ2n) is 5.69. The molecule has 2 N–H and O–H groups in total. The van der Waals surface area contributed by atoms with E-state index in [4.69, 9.17) is 0 Å². The van der Waals surface area contributed by atoms with Gasteiger partial charge in [-0.1, -0.05) is 13.0 Å². The fraction of sp³-hybridized carbons (Fsp3) is 0.333. The average Bonchev–Trinajstić information content (AvgIpc) is 3.00. The molecule has 1 atom stereocenters. The normalized spacial score (nSPS) is 23.1. The van der Waals surface area contributed by atoms with Gasteiger partial charge in [-0.05, 0) is 17.7 Å². The second-order valence-corrected chi connectivity index (χ2v) is 5.69. The number of nitrogens with zero attached hydrogens (tertiary/aromatic N) is 3. The number of anilines is 1. The highest BCUT2D eigenvalue weighted by atomic mass is 16.2. The van der Waals surface area contributed by atoms with E-state index in [1.165, 1.54) is 0 Å². The molecule has 7 nitrogen and oxygen atoms in total. The summed E-state index contributed by atoms with van der Waals surface area (Å²) >= 11 is 0. The van der Waals surface area contributed by atoms with E-state index in [1.54, 1.807) is 4.90 Å². The van der Waals surface area contributed by atoms with E-state index >= 15 is 0 Å². The minimum atomic E-state index is -0.145. The number of hydrazone groups is 1. The summed E-state index contributed by atoms with van der Waals surface area (Å²) in [5.74, 6) is 0.566. The summed E-state index contributed by atoms with van der Waals surface area (Å²) in [7, 11) is 0. The van der Waals surface area contributed by atoms with Gasteiger partial charge in [0, 0.05) is 24.4 Å². The number of fused-ring (bicyclic) bond motifs is 3. The molecule has 4 rings (SSSR count). The van der Waals surface area contributed by atoms with Crippen LogP contribution in [0.5, 0.6) is 0 Å². The van der Waals surface area contributed by atoms with Gasteiger partial charge in [0.2, 0.25) is 5.91 Å². The summed E-state index contributed by atoms with van der Waals surface area (Å²) in [6, 6.07) is 5.66. The third-order valence-corrected chi connectivity index (χ3v) is 4.17. The average molecular weight is 297 g/mol. The smallest absolute Gasteiger partial charge is 0.307 e. The minimum Gasteiger partial charge on any atom is -0.307 e. The van der Waals surface area contributed by atoms with Gasteiger partial charge in [-0.15, -0.1) is 0 Å². The Bertz CT molecular complexity index is 752. The highest BCUT2D eigenvalue weighted by molar-refractivity contribution is 6.19. The quantitative estimate of drug-likeness (QED) is 0.815. The van der Waals surface area contributed by atoms with Gasteiger partial charge in [-0.3, -0.25) is 14.7 Å². The number of amidine groups is 1. The van der Waals surface area contributed by atoms with E-state index in [9.17, 15) is 9.59 Å². The first kappa shape index (κ1) is 13.0. The van der Waals surface area contributed by atoms with Crippen molar-refractivity contribution in [3.05, 3.63) is 29.3 Å². The maximum Gasteiger partial charge on any atom is 0.327 e. The Labute approximate surface area is 127 Å². The maximum absolute atomic E-state index is 12.1. The standard InChI is InChI=1S/C15H15N5O2/c1-8-6-11(18-19-14(8)21)9-2-3-10-12(7-9)17-15(22)20-5-4-16-13(10)20/h2-3,7-8H,4-6H2,1H3,(H,17,22)(H,19,21)/t8-/m0/s1. The van der Waals surface area contributed by atoms with Crippen LogP contribution in [0.4, 0.5) is 10.5 Å². The molecule has 0 aliphatic carbocycles. The fourth-order valence-corrected chi connectivity index (χ4v) is 2.92. The molecule has 7 heteroatoms. The molecule has 0 fully saturated rings. The van der Waals surface area contributed by atoms with Crippen LogP contribution in [0.15, 0.2) is 28.3 Å². The number of benzene rings is 1. The number of hydrogen-bond acceptors (Lipinski definition) is 4. The monoisotopic (exact) mass is 297 g/mol. The van der Waals surface area contributed by atoms with Gasteiger partial charge in [-0.25, -0.2) is 10.2 Å². The number of carbonyl (C=O) groups excluding carboxylic acids is 2. The van der Waals surface area contributed by atoms with E-state index in [1.807, 2.05) is 25.1 Å². The summed E-state index contributed by atoms with van der Waals surface area (Å²) in [6.07, 6.45) is 0.589. The van der Waals surface area contributed by atoms with E-state index in [-0.39, 0.29) is 17.9 Å². The Kier molecular flexibility index (Phi) is 2.75. The lowest BCUT2D eigenvalue weighted by atomic mass is 9.95. The Hall–Kier alpha value is -2.70. The molecule has 0 bridgehead atoms. The van der Waals surface area contributed by atoms with Crippen LogP contribution in [0.25, 0.3) is 0 Å². The molecule has 1 aromatic carbocycles. The largest absolute Gasteiger partial charge is 0.327 e. The summed E-state index contributed by atoms with van der Waals surface area (Å²) in [5, 5.41) is 7.02. The lowest BCUT2D eigenvalue weighted by Gasteiger charge is -2.27. The molecule has 0 spiro atoms. The van der Waals surface area contributed by atoms with Crippen molar-refractivity contribution >= 4 is 29.2 Å². The number of rotatable bonds is 1. The molecule has 0 saturated heterocycles. The van der Waals surface area contributed by atoms with Crippen LogP contribution in [-0.2, 0) is 4.79 Å². The molecule has 3 amide bonds. The molecule has 0 unspecified atom stereocenters. The Balaban J connectivity index is 1.72. The lowest BCUT2D eigenvalue weighted by Crippen LogP contribution is -2.42. The summed E-state index contributed by atoms with van der Waals surface area (Å²) in [5.41, 5.74) is 5.92. The first-order valence-corrected chi connectivity index (χ1v) is 7.27. The van der Waals surface area contributed by atoms with Crippen molar-refractivity contribution in [2.75, 3.05) is 18.4 Å². The first-order valence-electron chi connectivity index (χ1n) is 7.27. The summed E-state index contributed by atoms with van der Waals surface area (Å²) in [6.45, 7) is 3.13. The van der Waals surface area contributed by atoms with E-state index in [0.717, 1.165) is 28.4 Å². The number of nitrogens with one attached hydrogen (secondary N) is 2. The van der Waals surface area contributed by atoms with Crippen LogP contribution in [0, 0.1) is 5.92 Å². The van der Waals surface area contributed by atoms with Crippen molar-refractivity contribution in [3.63, 3.8) is 0 Å². The zero-order valence-electron chi connectivity index (χ0n) is 12.1. The molecule has 1 aromatic rings.